The number of imidazole rings is 1. The number of unbranched alkanes of at least 4 members (excludes halogenated alkanes) is 2. The number of hydrogen-bond acceptors (Lipinski definition) is 3. The van der Waals surface area contributed by atoms with Crippen LogP contribution in [-0.2, 0) is 26.6 Å². The fraction of sp³-hybridized carbons (Fsp3) is 0.522. The molecule has 1 aromatic carbocycles. The molecule has 7 nitrogen and oxygen atoms in total. The number of benzene rings is 1. The first kappa shape index (κ1) is 20.4. The topological polar surface area (TPSA) is 66.9 Å². The molecule has 0 fully saturated rings. The number of hydrogen-bond donors (Lipinski definition) is 1. The third-order valence-corrected chi connectivity index (χ3v) is 6.17. The summed E-state index contributed by atoms with van der Waals surface area (Å²) in [5.74, 6) is 1.24. The van der Waals surface area contributed by atoms with Crippen LogP contribution < -0.4 is 20.7 Å². The number of nitrogens with one attached hydrogen (secondary N) is 1. The summed E-state index contributed by atoms with van der Waals surface area (Å²) in [6, 6.07) is 8.57. The van der Waals surface area contributed by atoms with Crippen molar-refractivity contribution in [2.45, 2.75) is 59.5 Å². The van der Waals surface area contributed by atoms with Gasteiger partial charge in [0.25, 0.3) is 5.56 Å². The highest BCUT2D eigenvalue weighted by molar-refractivity contribution is 5.70. The number of aryl methyl sites for hydroxylation is 2. The summed E-state index contributed by atoms with van der Waals surface area (Å²) in [5, 5.41) is 0. The van der Waals surface area contributed by atoms with Gasteiger partial charge in [0.05, 0.1) is 13.1 Å². The van der Waals surface area contributed by atoms with Gasteiger partial charge in [-0.3, -0.25) is 13.9 Å². The standard InChI is InChI=1S/C23H31N5O2/c1-5-7-8-13-26-21(29)19-20(25(4)23(26)30)24-22-27(14-16(3)15-28(19)22)18-11-9-17(6-2)10-12-18/h9-12,16H,5-8,13-15H2,1-4H3/p+1/t16-/m1/s1. The molecule has 30 heavy (non-hydrogen) atoms. The fourth-order valence-corrected chi connectivity index (χ4v) is 4.43. The summed E-state index contributed by atoms with van der Waals surface area (Å²) >= 11 is 0. The summed E-state index contributed by atoms with van der Waals surface area (Å²) in [6.45, 7) is 8.54. The van der Waals surface area contributed by atoms with Crippen LogP contribution in [0.2, 0.25) is 0 Å². The molecule has 3 heterocycles. The zero-order valence-corrected chi connectivity index (χ0v) is 18.4. The molecule has 2 aromatic heterocycles. The molecule has 3 aromatic rings. The van der Waals surface area contributed by atoms with Gasteiger partial charge < -0.3 is 0 Å². The molecule has 0 spiro atoms. The van der Waals surface area contributed by atoms with Crippen LogP contribution >= 0.6 is 0 Å². The van der Waals surface area contributed by atoms with Crippen LogP contribution in [0, 0.1) is 5.92 Å². The Labute approximate surface area is 176 Å². The van der Waals surface area contributed by atoms with E-state index in [1.807, 2.05) is 0 Å². The Balaban J connectivity index is 1.88. The van der Waals surface area contributed by atoms with Crippen LogP contribution in [0.5, 0.6) is 0 Å². The zero-order valence-electron chi connectivity index (χ0n) is 18.4. The fourth-order valence-electron chi connectivity index (χ4n) is 4.43. The molecule has 1 atom stereocenters. The molecule has 0 saturated carbocycles. The number of rotatable bonds is 6. The third-order valence-electron chi connectivity index (χ3n) is 6.17. The Morgan fingerprint density at radius 3 is 2.53 bits per heavy atom. The molecule has 1 aliphatic rings. The van der Waals surface area contributed by atoms with Gasteiger partial charge in [0.1, 0.15) is 5.69 Å². The molecule has 0 unspecified atom stereocenters. The number of aromatic amines is 1. The Kier molecular flexibility index (Phi) is 5.54. The van der Waals surface area contributed by atoms with Crippen LogP contribution in [0.3, 0.4) is 0 Å². The van der Waals surface area contributed by atoms with E-state index in [0.717, 1.165) is 50.4 Å². The minimum absolute atomic E-state index is 0.193. The molecule has 1 aliphatic heterocycles. The molecule has 0 amide bonds. The average Bonchev–Trinajstić information content (AvgIpc) is 3.13. The smallest absolute Gasteiger partial charge is 0.267 e. The molecule has 4 rings (SSSR count). The number of anilines is 2. The highest BCUT2D eigenvalue weighted by Crippen LogP contribution is 2.28. The lowest BCUT2D eigenvalue weighted by Crippen LogP contribution is -2.52. The number of aromatic nitrogens is 4. The lowest BCUT2D eigenvalue weighted by atomic mass is 10.1. The van der Waals surface area contributed by atoms with Crippen molar-refractivity contribution >= 4 is 22.8 Å². The lowest BCUT2D eigenvalue weighted by Gasteiger charge is -2.26. The van der Waals surface area contributed by atoms with Gasteiger partial charge in [-0.2, -0.15) is 0 Å². The molecule has 0 saturated heterocycles. The van der Waals surface area contributed by atoms with E-state index in [-0.39, 0.29) is 11.2 Å². The van der Waals surface area contributed by atoms with E-state index >= 15 is 0 Å². The summed E-state index contributed by atoms with van der Waals surface area (Å²) in [4.78, 5) is 31.9. The van der Waals surface area contributed by atoms with E-state index in [1.54, 1.807) is 11.6 Å². The summed E-state index contributed by atoms with van der Waals surface area (Å²) < 4.78 is 5.05. The number of nitrogens with zero attached hydrogens (tertiary/aromatic N) is 4. The maximum Gasteiger partial charge on any atom is 0.364 e. The number of fused-ring (bicyclic) bond motifs is 3. The van der Waals surface area contributed by atoms with Gasteiger partial charge in [-0.05, 0) is 30.5 Å². The Hall–Kier alpha value is -2.83. The maximum atomic E-state index is 13.4. The van der Waals surface area contributed by atoms with E-state index < -0.39 is 0 Å². The van der Waals surface area contributed by atoms with Gasteiger partial charge >= 0.3 is 11.6 Å². The normalized spacial score (nSPS) is 16.3. The molecular weight excluding hydrogens is 378 g/mol. The van der Waals surface area contributed by atoms with E-state index in [1.165, 1.54) is 10.1 Å². The van der Waals surface area contributed by atoms with Gasteiger partial charge in [0.2, 0.25) is 11.2 Å². The molecule has 7 heteroatoms. The highest BCUT2D eigenvalue weighted by atomic mass is 16.2. The summed E-state index contributed by atoms with van der Waals surface area (Å²) in [5.41, 5.74) is 3.12. The quantitative estimate of drug-likeness (QED) is 0.502. The van der Waals surface area contributed by atoms with E-state index in [2.05, 4.69) is 59.5 Å². The second-order valence-corrected chi connectivity index (χ2v) is 8.50. The van der Waals surface area contributed by atoms with Crippen molar-refractivity contribution in [2.24, 2.45) is 13.0 Å². The second kappa shape index (κ2) is 8.13. The minimum atomic E-state index is -0.255. The minimum Gasteiger partial charge on any atom is -0.267 e. The predicted molar refractivity (Wildman–Crippen MR) is 120 cm³/mol. The molecule has 1 N–H and O–H groups in total. The van der Waals surface area contributed by atoms with Gasteiger partial charge in [-0.25, -0.2) is 19.2 Å². The molecule has 160 valence electrons. The highest BCUT2D eigenvalue weighted by Gasteiger charge is 2.35. The van der Waals surface area contributed by atoms with Crippen molar-refractivity contribution in [1.82, 2.24) is 14.1 Å². The first-order chi connectivity index (χ1) is 14.5. The Morgan fingerprint density at radius 2 is 1.87 bits per heavy atom. The van der Waals surface area contributed by atoms with Crippen LogP contribution in [0.4, 0.5) is 11.6 Å². The predicted octanol–water partition coefficient (Wildman–Crippen LogP) is 2.86. The van der Waals surface area contributed by atoms with E-state index in [0.29, 0.717) is 23.6 Å². The van der Waals surface area contributed by atoms with Crippen LogP contribution in [0.25, 0.3) is 11.2 Å². The first-order valence-electron chi connectivity index (χ1n) is 11.1. The SMILES string of the molecule is CCCCCn1c(=O)c2c([nH]c3[n+]2C[C@H](C)CN3c2ccc(CC)cc2)n(C)c1=O. The molecule has 0 radical (unpaired) electrons. The van der Waals surface area contributed by atoms with Gasteiger partial charge in [-0.1, -0.05) is 45.7 Å². The van der Waals surface area contributed by atoms with Crippen molar-refractivity contribution in [3.63, 3.8) is 0 Å². The van der Waals surface area contributed by atoms with Crippen molar-refractivity contribution < 1.29 is 4.57 Å². The van der Waals surface area contributed by atoms with Gasteiger partial charge in [-0.15, -0.1) is 0 Å². The van der Waals surface area contributed by atoms with Crippen molar-refractivity contribution in [2.75, 3.05) is 11.4 Å². The summed E-state index contributed by atoms with van der Waals surface area (Å²) in [7, 11) is 1.74. The van der Waals surface area contributed by atoms with Crippen molar-refractivity contribution in [3.8, 4) is 0 Å². The largest absolute Gasteiger partial charge is 0.364 e. The van der Waals surface area contributed by atoms with Gasteiger partial charge in [0.15, 0.2) is 0 Å². The third kappa shape index (κ3) is 3.36. The average molecular weight is 411 g/mol. The van der Waals surface area contributed by atoms with Crippen LogP contribution in [0.15, 0.2) is 33.9 Å². The van der Waals surface area contributed by atoms with E-state index in [9.17, 15) is 9.59 Å². The van der Waals surface area contributed by atoms with Crippen LogP contribution in [-0.4, -0.2) is 20.7 Å². The number of H-pyrrole nitrogens is 1. The first-order valence-corrected chi connectivity index (χ1v) is 11.1. The molecule has 0 bridgehead atoms. The van der Waals surface area contributed by atoms with Gasteiger partial charge in [0, 0.05) is 19.5 Å². The Bertz CT molecular complexity index is 1170. The monoisotopic (exact) mass is 410 g/mol. The molecular formula is C23H32N5O2+. The molecule has 0 aliphatic carbocycles. The zero-order chi connectivity index (χ0) is 21.4. The van der Waals surface area contributed by atoms with Crippen molar-refractivity contribution in [3.05, 3.63) is 50.7 Å². The van der Waals surface area contributed by atoms with Crippen molar-refractivity contribution in [1.29, 1.82) is 0 Å². The van der Waals surface area contributed by atoms with Crippen LogP contribution in [0.1, 0.15) is 45.6 Å². The lowest BCUT2D eigenvalue weighted by molar-refractivity contribution is -0.669. The van der Waals surface area contributed by atoms with E-state index in [4.69, 9.17) is 0 Å². The maximum absolute atomic E-state index is 13.4. The summed E-state index contributed by atoms with van der Waals surface area (Å²) in [6.07, 6.45) is 3.89. The Morgan fingerprint density at radius 1 is 1.13 bits per heavy atom. The second-order valence-electron chi connectivity index (χ2n) is 8.50.